The summed E-state index contributed by atoms with van der Waals surface area (Å²) in [6, 6.07) is 11.0. The molecule has 2 atom stereocenters. The van der Waals surface area contributed by atoms with Crippen molar-refractivity contribution in [2.45, 2.75) is 24.9 Å². The molecule has 2 heterocycles. The fourth-order valence-electron chi connectivity index (χ4n) is 5.57. The number of carbonyl (C=O) groups excluding carboxylic acids is 2. The van der Waals surface area contributed by atoms with Crippen molar-refractivity contribution >= 4 is 39.1 Å². The largest absolute Gasteiger partial charge is 0.503 e. The van der Waals surface area contributed by atoms with Gasteiger partial charge in [0.15, 0.2) is 23.1 Å². The minimum absolute atomic E-state index is 0.00986. The molecular weight excluding hydrogens is 578 g/mol. The van der Waals surface area contributed by atoms with Crippen LogP contribution in [0.1, 0.15) is 23.9 Å². The Morgan fingerprint density at radius 1 is 1.08 bits per heavy atom. The number of phenols is 1. The molecular formula is C27H19BrClN3O6. The van der Waals surface area contributed by atoms with Crippen molar-refractivity contribution in [1.82, 2.24) is 13.9 Å². The van der Waals surface area contributed by atoms with Crippen LogP contribution >= 0.6 is 27.5 Å². The first-order chi connectivity index (χ1) is 18.2. The zero-order valence-corrected chi connectivity index (χ0v) is 22.2. The molecule has 0 radical (unpaired) electrons. The molecule has 192 valence electrons. The third-order valence-electron chi connectivity index (χ3n) is 7.22. The Labute approximate surface area is 228 Å². The molecule has 2 aromatic carbocycles. The van der Waals surface area contributed by atoms with E-state index in [1.807, 2.05) is 6.08 Å². The van der Waals surface area contributed by atoms with Crippen LogP contribution in [0.25, 0.3) is 5.69 Å². The first-order valence-electron chi connectivity index (χ1n) is 11.7. The number of carbonyl (C=O) groups is 2. The van der Waals surface area contributed by atoms with Crippen LogP contribution in [0.4, 0.5) is 0 Å². The van der Waals surface area contributed by atoms with Gasteiger partial charge in [-0.25, -0.2) is 23.5 Å². The van der Waals surface area contributed by atoms with Gasteiger partial charge >= 0.3 is 11.4 Å². The lowest BCUT2D eigenvalue weighted by Crippen LogP contribution is -2.40. The van der Waals surface area contributed by atoms with Crippen molar-refractivity contribution in [3.05, 3.63) is 107 Å². The molecule has 38 heavy (non-hydrogen) atoms. The van der Waals surface area contributed by atoms with E-state index >= 15 is 0 Å². The van der Waals surface area contributed by atoms with Crippen molar-refractivity contribution in [1.29, 1.82) is 0 Å². The number of ether oxygens (including phenoxy) is 1. The van der Waals surface area contributed by atoms with Gasteiger partial charge in [-0.2, -0.15) is 0 Å². The fourth-order valence-corrected chi connectivity index (χ4v) is 6.24. The predicted octanol–water partition coefficient (Wildman–Crippen LogP) is 3.56. The summed E-state index contributed by atoms with van der Waals surface area (Å²) < 4.78 is 9.22. The quantitative estimate of drug-likeness (QED) is 0.366. The van der Waals surface area contributed by atoms with Crippen LogP contribution in [0.2, 0.25) is 5.02 Å². The second-order valence-corrected chi connectivity index (χ2v) is 10.4. The number of ketones is 2. The highest BCUT2D eigenvalue weighted by molar-refractivity contribution is 9.12. The summed E-state index contributed by atoms with van der Waals surface area (Å²) in [5.41, 5.74) is 1.07. The summed E-state index contributed by atoms with van der Waals surface area (Å²) in [4.78, 5) is 53.7. The monoisotopic (exact) mass is 595 g/mol. The van der Waals surface area contributed by atoms with E-state index in [0.717, 1.165) is 4.57 Å². The number of aromatic nitrogens is 3. The van der Waals surface area contributed by atoms with Gasteiger partial charge in [0.25, 0.3) is 0 Å². The minimum Gasteiger partial charge on any atom is -0.503 e. The number of allylic oxidation sites excluding steroid dienone is 6. The lowest BCUT2D eigenvalue weighted by atomic mass is 9.69. The molecule has 0 amide bonds. The average Bonchev–Trinajstić information content (AvgIpc) is 3.17. The molecule has 1 N–H and O–H groups in total. The van der Waals surface area contributed by atoms with E-state index in [1.165, 1.54) is 28.6 Å². The van der Waals surface area contributed by atoms with Gasteiger partial charge in [0, 0.05) is 29.6 Å². The van der Waals surface area contributed by atoms with E-state index in [0.29, 0.717) is 16.8 Å². The Balaban J connectivity index is 1.61. The van der Waals surface area contributed by atoms with Gasteiger partial charge in [0.1, 0.15) is 0 Å². The fraction of sp³-hybridized carbons (Fsp3) is 0.185. The number of halogens is 2. The third kappa shape index (κ3) is 3.44. The Morgan fingerprint density at radius 3 is 2.53 bits per heavy atom. The highest BCUT2D eigenvalue weighted by Crippen LogP contribution is 2.51. The van der Waals surface area contributed by atoms with E-state index in [-0.39, 0.29) is 56.7 Å². The van der Waals surface area contributed by atoms with Crippen LogP contribution in [0.3, 0.4) is 0 Å². The number of hydrogen-bond acceptors (Lipinski definition) is 6. The van der Waals surface area contributed by atoms with E-state index in [2.05, 4.69) is 15.9 Å². The minimum atomic E-state index is -0.764. The molecule has 3 aromatic rings. The van der Waals surface area contributed by atoms with Gasteiger partial charge in [-0.05, 0) is 51.3 Å². The highest BCUT2D eigenvalue weighted by atomic mass is 79.9. The maximum absolute atomic E-state index is 13.7. The number of nitrogens with zero attached hydrogens (tertiary/aromatic N) is 3. The second kappa shape index (κ2) is 8.85. The Hall–Kier alpha value is -3.89. The molecule has 0 spiro atoms. The predicted molar refractivity (Wildman–Crippen MR) is 142 cm³/mol. The Bertz CT molecular complexity index is 1780. The summed E-state index contributed by atoms with van der Waals surface area (Å²) in [5, 5.41) is 10.3. The smallest absolute Gasteiger partial charge is 0.352 e. The van der Waals surface area contributed by atoms with E-state index in [4.69, 9.17) is 16.3 Å². The molecule has 0 saturated heterocycles. The maximum Gasteiger partial charge on any atom is 0.352 e. The zero-order valence-electron chi connectivity index (χ0n) is 19.9. The van der Waals surface area contributed by atoms with Gasteiger partial charge in [0.05, 0.1) is 34.9 Å². The molecule has 0 saturated carbocycles. The highest BCUT2D eigenvalue weighted by Gasteiger charge is 2.45. The number of phenolic OH excluding ortho intramolecular Hbond substituents is 1. The van der Waals surface area contributed by atoms with Crippen LogP contribution < -0.4 is 16.1 Å². The molecule has 9 nitrogen and oxygen atoms in total. The van der Waals surface area contributed by atoms with Crippen LogP contribution in [0.5, 0.6) is 11.5 Å². The maximum atomic E-state index is 13.7. The number of benzene rings is 2. The van der Waals surface area contributed by atoms with Crippen LogP contribution in [0, 0.1) is 0 Å². The van der Waals surface area contributed by atoms with Crippen LogP contribution in [-0.2, 0) is 16.1 Å². The molecule has 1 aliphatic heterocycles. The molecule has 0 fully saturated rings. The lowest BCUT2D eigenvalue weighted by Gasteiger charge is -2.39. The normalized spacial score (nSPS) is 20.4. The molecule has 3 aliphatic rings. The lowest BCUT2D eigenvalue weighted by molar-refractivity contribution is -0.115. The molecule has 1 aromatic heterocycles. The van der Waals surface area contributed by atoms with Crippen molar-refractivity contribution in [2.75, 3.05) is 7.11 Å². The average molecular weight is 597 g/mol. The van der Waals surface area contributed by atoms with Crippen molar-refractivity contribution in [2.24, 2.45) is 0 Å². The zero-order chi connectivity index (χ0) is 26.9. The first kappa shape index (κ1) is 24.4. The summed E-state index contributed by atoms with van der Waals surface area (Å²) >= 11 is 9.51. The number of hydrogen-bond donors (Lipinski definition) is 1. The molecule has 2 aliphatic carbocycles. The van der Waals surface area contributed by atoms with Crippen LogP contribution in [0.15, 0.2) is 85.4 Å². The third-order valence-corrected chi connectivity index (χ3v) is 8.09. The van der Waals surface area contributed by atoms with Crippen molar-refractivity contribution in [3.8, 4) is 17.2 Å². The molecule has 0 bridgehead atoms. The molecule has 6 rings (SSSR count). The van der Waals surface area contributed by atoms with Crippen molar-refractivity contribution in [3.63, 3.8) is 0 Å². The number of methoxy groups -OCH3 is 1. The van der Waals surface area contributed by atoms with Gasteiger partial charge < -0.3 is 9.84 Å². The number of aromatic hydroxyl groups is 1. The molecule has 11 heteroatoms. The van der Waals surface area contributed by atoms with Crippen LogP contribution in [-0.4, -0.2) is 37.7 Å². The Kier molecular flexibility index (Phi) is 5.69. The number of Topliss-reactive ketones (excluding diaryl/α,β-unsaturated/α-hetero) is 1. The van der Waals surface area contributed by atoms with Gasteiger partial charge in [-0.15, -0.1) is 0 Å². The molecule has 0 unspecified atom stereocenters. The number of fused-ring (bicyclic) bond motifs is 3. The first-order valence-corrected chi connectivity index (χ1v) is 12.9. The summed E-state index contributed by atoms with van der Waals surface area (Å²) in [6.07, 6.45) is 3.10. The van der Waals surface area contributed by atoms with Gasteiger partial charge in [-0.1, -0.05) is 35.9 Å². The topological polar surface area (TPSA) is 113 Å². The van der Waals surface area contributed by atoms with E-state index < -0.39 is 23.3 Å². The van der Waals surface area contributed by atoms with E-state index in [9.17, 15) is 24.3 Å². The van der Waals surface area contributed by atoms with E-state index in [1.54, 1.807) is 36.4 Å². The summed E-state index contributed by atoms with van der Waals surface area (Å²) in [7, 11) is 1.38. The Morgan fingerprint density at radius 2 is 1.82 bits per heavy atom. The summed E-state index contributed by atoms with van der Waals surface area (Å²) in [5.74, 6) is -1.63. The standard InChI is InChI=1S/C27H19BrClN3O6/c1-38-21-10-13(9-18(29)25(21)35)22-15-7-8-30-26(36)31(14-5-3-2-4-6-14)27(37)32(30)19(15)11-16-23(22)20(33)12-17(28)24(16)34/h2-7,9-10,12,19,22,35H,8,11H2,1H3/t19-,22+/m1/s1. The summed E-state index contributed by atoms with van der Waals surface area (Å²) in [6.45, 7) is 0.0868. The number of para-hydroxylation sites is 1. The number of rotatable bonds is 3. The van der Waals surface area contributed by atoms with Crippen molar-refractivity contribution < 1.29 is 19.4 Å². The second-order valence-electron chi connectivity index (χ2n) is 9.15. The van der Waals surface area contributed by atoms with Gasteiger partial charge in [0.2, 0.25) is 0 Å². The van der Waals surface area contributed by atoms with Gasteiger partial charge in [-0.3, -0.25) is 9.59 Å². The SMILES string of the molecule is COc1cc([C@H]2C3=CCn4c(=O)n(-c5ccccc5)c(=O)n4[C@@H]3CC3=C2C(=O)C=C(Br)C3=O)cc(Cl)c1O.